The molecule has 1 atom stereocenters. The number of nitrogens with zero attached hydrogens (tertiary/aromatic N) is 20. The Bertz CT molecular complexity index is 2710. The summed E-state index contributed by atoms with van der Waals surface area (Å²) in [6.07, 6.45) is 7.03. The van der Waals surface area contributed by atoms with Crippen molar-refractivity contribution in [1.29, 1.82) is 0 Å². The highest BCUT2D eigenvalue weighted by Crippen LogP contribution is 2.35. The Labute approximate surface area is 702 Å². The summed E-state index contributed by atoms with van der Waals surface area (Å²) in [5, 5.41) is 10.2. The van der Waals surface area contributed by atoms with Crippen LogP contribution in [0.15, 0.2) is 0 Å². The molecule has 0 spiro atoms. The fraction of sp³-hybridized carbons (Fsp3) is 0.845. The smallest absolute Gasteiger partial charge is 0.327 e. The fourth-order valence-electron chi connectivity index (χ4n) is 11.0. The number of hydroxylamine groups is 1. The Kier molecular flexibility index (Phi) is 59.8. The van der Waals surface area contributed by atoms with Gasteiger partial charge in [0.25, 0.3) is 5.95 Å². The molecule has 48 heteroatoms. The molecule has 10 amide bonds. The minimum atomic E-state index is -0.607. The molecule has 5 aliphatic rings. The van der Waals surface area contributed by atoms with Crippen LogP contribution in [0, 0.1) is 0 Å². The van der Waals surface area contributed by atoms with Gasteiger partial charge in [0.15, 0.2) is 24.4 Å². The molecule has 0 aliphatic carbocycles. The molecular weight excluding hydrogens is 1570 g/mol. The van der Waals surface area contributed by atoms with E-state index in [1.165, 1.54) is 36.2 Å². The van der Waals surface area contributed by atoms with Gasteiger partial charge in [0.05, 0.1) is 27.2 Å². The molecule has 690 valence electrons. The molecule has 3 N–H and O–H groups in total. The maximum Gasteiger partial charge on any atom is 0.327 e. The number of carbonyl (C=O) groups is 5. The van der Waals surface area contributed by atoms with Crippen molar-refractivity contribution < 1.29 is 119 Å². The minimum Gasteiger partial charge on any atom is -0.369 e. The number of hydrogen-bond acceptors (Lipinski definition) is 38. The maximum atomic E-state index is 13.4. The van der Waals surface area contributed by atoms with Crippen LogP contribution in [0.3, 0.4) is 0 Å². The molecule has 0 saturated carbocycles. The molecule has 7 heterocycles. The number of methoxy groups -OCH3 is 14. The second kappa shape index (κ2) is 66.2. The van der Waals surface area contributed by atoms with E-state index < -0.39 is 18.6 Å². The third kappa shape index (κ3) is 39.1. The lowest BCUT2D eigenvalue weighted by Crippen LogP contribution is -2.57. The Hall–Kier alpha value is -7.51. The highest BCUT2D eigenvalue weighted by Gasteiger charge is 2.59. The number of hydrogen-bond donors (Lipinski definition) is 3. The summed E-state index contributed by atoms with van der Waals surface area (Å²) in [7, 11) is 27.1. The molecule has 0 radical (unpaired) electrons. The number of unbranched alkanes of at least 4 members (excludes halogenated alkanes) is 4. The molecule has 2 aromatic heterocycles. The average molecular weight is 1720 g/mol. The first-order valence-electron chi connectivity index (χ1n) is 39.0. The minimum absolute atomic E-state index is 0.00468. The third-order valence-corrected chi connectivity index (χ3v) is 16.7. The molecular formula is C71H141N23O25. The first-order chi connectivity index (χ1) is 57.7. The highest BCUT2D eigenvalue weighted by molar-refractivity contribution is 5.85. The van der Waals surface area contributed by atoms with Gasteiger partial charge in [-0.25, -0.2) is 29.0 Å². The van der Waals surface area contributed by atoms with Crippen LogP contribution in [0.25, 0.3) is 0 Å². The summed E-state index contributed by atoms with van der Waals surface area (Å²) in [4.78, 5) is 114. The van der Waals surface area contributed by atoms with E-state index in [9.17, 15) is 24.0 Å². The quantitative estimate of drug-likeness (QED) is 0.0481. The second-order valence-electron chi connectivity index (χ2n) is 26.3. The number of urea groups is 5. The van der Waals surface area contributed by atoms with Crippen molar-refractivity contribution in [2.45, 2.75) is 104 Å². The van der Waals surface area contributed by atoms with Crippen molar-refractivity contribution in [2.75, 3.05) is 327 Å². The lowest BCUT2D eigenvalue weighted by molar-refractivity contribution is -0.102. The predicted molar refractivity (Wildman–Crippen MR) is 433 cm³/mol. The molecule has 5 saturated heterocycles. The van der Waals surface area contributed by atoms with E-state index in [0.29, 0.717) is 116 Å². The fourth-order valence-corrected chi connectivity index (χ4v) is 11.0. The first kappa shape index (κ1) is 108. The van der Waals surface area contributed by atoms with Gasteiger partial charge in [0, 0.05) is 146 Å². The van der Waals surface area contributed by atoms with Crippen molar-refractivity contribution >= 4 is 59.9 Å². The SMILES string of the molecule is CCCCOCN1C(=O)N(COCCCC)C2C1N(COCCCC)C(=O)N2COCCCC.COCN1CCCN(COC)C1=O.COCN1CN(C)CN(COC)C1=O.COCN1COCN(COC)C1=O.COCNC(OC)c1nc(N(COC)COC)nc(N(COC)COC)n1.COCNc1nc(NCOC)nc(N(C)OC)n1. The molecule has 2 aromatic rings. The zero-order chi connectivity index (χ0) is 88.1. The van der Waals surface area contributed by atoms with E-state index in [1.54, 1.807) is 141 Å². The Morgan fingerprint density at radius 1 is 0.395 bits per heavy atom. The molecule has 0 aromatic carbocycles. The van der Waals surface area contributed by atoms with Crippen LogP contribution >= 0.6 is 0 Å². The largest absolute Gasteiger partial charge is 0.369 e. The average Bonchev–Trinajstić information content (AvgIpc) is 1.57. The van der Waals surface area contributed by atoms with E-state index in [2.05, 4.69) is 73.5 Å². The van der Waals surface area contributed by atoms with Gasteiger partial charge in [0.1, 0.15) is 121 Å². The monoisotopic (exact) mass is 1720 g/mol. The van der Waals surface area contributed by atoms with Crippen LogP contribution in [0.5, 0.6) is 0 Å². The Balaban J connectivity index is 0.000000505. The molecule has 7 rings (SSSR count). The van der Waals surface area contributed by atoms with Gasteiger partial charge in [-0.1, -0.05) is 53.4 Å². The highest BCUT2D eigenvalue weighted by atomic mass is 16.7. The first-order valence-corrected chi connectivity index (χ1v) is 39.0. The van der Waals surface area contributed by atoms with Gasteiger partial charge in [-0.3, -0.25) is 64.1 Å². The van der Waals surface area contributed by atoms with Crippen LogP contribution in [-0.4, -0.2) is 428 Å². The van der Waals surface area contributed by atoms with Gasteiger partial charge in [-0.2, -0.15) is 29.9 Å². The van der Waals surface area contributed by atoms with Gasteiger partial charge in [-0.05, 0) is 39.2 Å². The Morgan fingerprint density at radius 3 is 1.05 bits per heavy atom. The van der Waals surface area contributed by atoms with Crippen molar-refractivity contribution in [3.63, 3.8) is 0 Å². The van der Waals surface area contributed by atoms with E-state index in [1.807, 2.05) is 11.9 Å². The second-order valence-corrected chi connectivity index (χ2v) is 26.3. The number of nitrogens with one attached hydrogen (secondary N) is 3. The van der Waals surface area contributed by atoms with Crippen LogP contribution in [0.2, 0.25) is 0 Å². The standard InChI is InChI=1S/C24H46N4O6.C15H30N6O6.C9H18N6O3.C8H17N3O3.C8H16N2O3.C7H14N2O4/c1-5-9-13-31-17-25-21-22(27(23(25)29)19-33-15-11-7-3)28(20-34-16-12-8-4)24(30)26(21)18-32-14-10-6-2;1-22-7-16-13(27-6)12-17-14(20(8-23-2)9-24-3)19-15(18-12)21(10-25-4)11-26-5;1-15(18-4)9-13-7(10-5-16-2)12-8(14-9)11-6-17-3;1-9-4-10(6-13-2)8(12)11(5-9)7-14-3;1-12-6-9-4-3-5-10(7-13-2)8(9)11;1-11-3-8-5-13-6-9(4-12-2)7(8)10/h21-22H,5-20H2,1-4H3;13,16H,7-11H2,1-6H3;5-6H2,1-4H3,(H2,10,11,12,13,14);4-7H2,1-3H3;3-7H2,1-2H3;3-6H2,1-2H3. The van der Waals surface area contributed by atoms with E-state index in [0.717, 1.165) is 70.9 Å². The predicted octanol–water partition coefficient (Wildman–Crippen LogP) is 3.81. The summed E-state index contributed by atoms with van der Waals surface area (Å²) in [5.41, 5.74) is 0. The van der Waals surface area contributed by atoms with Gasteiger partial charge in [-0.15, -0.1) is 0 Å². The van der Waals surface area contributed by atoms with Gasteiger partial charge < -0.3 is 110 Å². The van der Waals surface area contributed by atoms with Crippen molar-refractivity contribution in [3.05, 3.63) is 5.82 Å². The van der Waals surface area contributed by atoms with Crippen LogP contribution in [0.1, 0.15) is 97.5 Å². The third-order valence-electron chi connectivity index (χ3n) is 16.7. The lowest BCUT2D eigenvalue weighted by Gasteiger charge is -2.39. The molecule has 119 heavy (non-hydrogen) atoms. The Morgan fingerprint density at radius 2 is 0.731 bits per heavy atom. The van der Waals surface area contributed by atoms with Crippen molar-refractivity contribution in [2.24, 2.45) is 0 Å². The summed E-state index contributed by atoms with van der Waals surface area (Å²) in [6.45, 7) is 18.0. The molecule has 0 bridgehead atoms. The number of amides is 10. The topological polar surface area (TPSA) is 429 Å². The summed E-state index contributed by atoms with van der Waals surface area (Å²) in [5.74, 6) is 2.21. The van der Waals surface area contributed by atoms with Crippen molar-refractivity contribution in [1.82, 2.24) is 89.1 Å². The lowest BCUT2D eigenvalue weighted by atomic mass is 10.3. The molecule has 1 unspecified atom stereocenters. The van der Waals surface area contributed by atoms with E-state index in [4.69, 9.17) is 94.8 Å². The van der Waals surface area contributed by atoms with Crippen LogP contribution < -0.4 is 30.8 Å². The van der Waals surface area contributed by atoms with Gasteiger partial charge >= 0.3 is 30.2 Å². The van der Waals surface area contributed by atoms with E-state index in [-0.39, 0.29) is 118 Å². The molecule has 5 aliphatic heterocycles. The number of anilines is 5. The van der Waals surface area contributed by atoms with Gasteiger partial charge in [0.2, 0.25) is 23.8 Å². The number of fused-ring (bicyclic) bond motifs is 1. The number of ether oxygens (including phenoxy) is 19. The number of rotatable bonds is 55. The zero-order valence-corrected chi connectivity index (χ0v) is 74.3. The molecule has 48 nitrogen and oxygen atoms in total. The van der Waals surface area contributed by atoms with Crippen molar-refractivity contribution in [3.8, 4) is 0 Å². The number of aromatic nitrogens is 6. The van der Waals surface area contributed by atoms with E-state index >= 15 is 0 Å². The zero-order valence-electron chi connectivity index (χ0n) is 74.3. The van der Waals surface area contributed by atoms with Crippen LogP contribution in [-0.2, 0) is 94.8 Å². The number of carbonyl (C=O) groups excluding carboxylic acids is 5. The maximum absolute atomic E-state index is 13.4. The normalized spacial score (nSPS) is 16.3. The summed E-state index contributed by atoms with van der Waals surface area (Å²) < 4.78 is 98.9. The summed E-state index contributed by atoms with van der Waals surface area (Å²) in [6, 6.07) is -0.586. The molecule has 5 fully saturated rings. The summed E-state index contributed by atoms with van der Waals surface area (Å²) >= 11 is 0. The van der Waals surface area contributed by atoms with Crippen LogP contribution in [0.4, 0.5) is 53.7 Å².